The number of carbonyl (C=O) groups is 1. The summed E-state index contributed by atoms with van der Waals surface area (Å²) in [6.07, 6.45) is 2.57. The molecule has 1 rings (SSSR count). The first-order valence-electron chi connectivity index (χ1n) is 6.31. The van der Waals surface area contributed by atoms with Crippen molar-refractivity contribution in [2.45, 2.75) is 51.7 Å². The number of rotatable bonds is 5. The van der Waals surface area contributed by atoms with E-state index in [0.29, 0.717) is 13.2 Å². The van der Waals surface area contributed by atoms with Crippen molar-refractivity contribution in [2.75, 3.05) is 19.7 Å². The monoisotopic (exact) mass is 264 g/mol. The Labute approximate surface area is 110 Å². The van der Waals surface area contributed by atoms with E-state index in [2.05, 4.69) is 31.4 Å². The molecule has 1 fully saturated rings. The van der Waals surface area contributed by atoms with Crippen molar-refractivity contribution in [1.82, 2.24) is 10.6 Å². The third kappa shape index (κ3) is 4.45. The van der Waals surface area contributed by atoms with Gasteiger partial charge < -0.3 is 15.4 Å². The van der Waals surface area contributed by atoms with Crippen LogP contribution in [0.3, 0.4) is 0 Å². The lowest BCUT2D eigenvalue weighted by molar-refractivity contribution is -0.136. The van der Waals surface area contributed by atoms with Crippen molar-refractivity contribution in [3.63, 3.8) is 0 Å². The molecule has 0 bridgehead atoms. The van der Waals surface area contributed by atoms with Gasteiger partial charge in [-0.2, -0.15) is 0 Å². The SMILES string of the molecule is CCC(CC)(CC)NC(=O)C1CNCCO1.Cl. The summed E-state index contributed by atoms with van der Waals surface area (Å²) in [5.74, 6) is 0.0257. The number of carbonyl (C=O) groups excluding carboxylic acids is 1. The molecule has 0 spiro atoms. The molecule has 1 unspecified atom stereocenters. The maximum absolute atomic E-state index is 12.0. The Morgan fingerprint density at radius 1 is 1.35 bits per heavy atom. The zero-order valence-corrected chi connectivity index (χ0v) is 11.9. The number of hydrogen-bond acceptors (Lipinski definition) is 3. The Hall–Kier alpha value is -0.320. The van der Waals surface area contributed by atoms with Gasteiger partial charge in [-0.1, -0.05) is 20.8 Å². The maximum atomic E-state index is 12.0. The van der Waals surface area contributed by atoms with Crippen LogP contribution < -0.4 is 10.6 Å². The van der Waals surface area contributed by atoms with Crippen LogP contribution in [0.5, 0.6) is 0 Å². The van der Waals surface area contributed by atoms with Gasteiger partial charge in [0.1, 0.15) is 6.10 Å². The lowest BCUT2D eigenvalue weighted by Gasteiger charge is -2.34. The molecule has 1 atom stereocenters. The van der Waals surface area contributed by atoms with E-state index in [1.54, 1.807) is 0 Å². The largest absolute Gasteiger partial charge is 0.366 e. The average molecular weight is 265 g/mol. The van der Waals surface area contributed by atoms with Crippen molar-refractivity contribution in [3.8, 4) is 0 Å². The molecule has 0 aromatic carbocycles. The molecule has 1 amide bonds. The number of halogens is 1. The van der Waals surface area contributed by atoms with E-state index in [1.807, 2.05) is 0 Å². The molecule has 17 heavy (non-hydrogen) atoms. The Kier molecular flexibility index (Phi) is 7.75. The van der Waals surface area contributed by atoms with Gasteiger partial charge in [-0.15, -0.1) is 12.4 Å². The van der Waals surface area contributed by atoms with Gasteiger partial charge in [0.05, 0.1) is 6.61 Å². The summed E-state index contributed by atoms with van der Waals surface area (Å²) in [5, 5.41) is 6.32. The third-order valence-electron chi connectivity index (χ3n) is 3.64. The predicted octanol–water partition coefficient (Wildman–Crippen LogP) is 1.48. The Morgan fingerprint density at radius 3 is 2.35 bits per heavy atom. The van der Waals surface area contributed by atoms with Crippen LogP contribution in [0.15, 0.2) is 0 Å². The summed E-state index contributed by atoms with van der Waals surface area (Å²) < 4.78 is 5.44. The molecule has 0 radical (unpaired) electrons. The molecule has 1 aliphatic rings. The van der Waals surface area contributed by atoms with Gasteiger partial charge in [0, 0.05) is 18.6 Å². The first-order valence-corrected chi connectivity index (χ1v) is 6.31. The molecule has 2 N–H and O–H groups in total. The normalized spacial score (nSPS) is 20.5. The van der Waals surface area contributed by atoms with Gasteiger partial charge in [0.25, 0.3) is 5.91 Å². The highest BCUT2D eigenvalue weighted by Gasteiger charge is 2.30. The van der Waals surface area contributed by atoms with Crippen molar-refractivity contribution >= 4 is 18.3 Å². The Morgan fingerprint density at radius 2 is 1.94 bits per heavy atom. The number of ether oxygens (including phenoxy) is 1. The van der Waals surface area contributed by atoms with E-state index in [-0.39, 0.29) is 30.0 Å². The molecule has 1 saturated heterocycles. The van der Waals surface area contributed by atoms with E-state index in [9.17, 15) is 4.79 Å². The number of nitrogens with one attached hydrogen (secondary N) is 2. The standard InChI is InChI=1S/C12H24N2O2.ClH/c1-4-12(5-2,6-3)14-11(15)10-9-13-7-8-16-10;/h10,13H,4-9H2,1-3H3,(H,14,15);1H. The third-order valence-corrected chi connectivity index (χ3v) is 3.64. The predicted molar refractivity (Wildman–Crippen MR) is 71.6 cm³/mol. The summed E-state index contributed by atoms with van der Waals surface area (Å²) in [7, 11) is 0. The average Bonchev–Trinajstić information content (AvgIpc) is 2.37. The van der Waals surface area contributed by atoms with Gasteiger partial charge in [0.15, 0.2) is 0 Å². The fraction of sp³-hybridized carbons (Fsp3) is 0.917. The summed E-state index contributed by atoms with van der Waals surface area (Å²) in [5.41, 5.74) is -0.0576. The molecular formula is C12H25ClN2O2. The molecule has 5 heteroatoms. The highest BCUT2D eigenvalue weighted by molar-refractivity contribution is 5.85. The zero-order valence-electron chi connectivity index (χ0n) is 11.0. The van der Waals surface area contributed by atoms with Crippen LogP contribution in [0.4, 0.5) is 0 Å². The van der Waals surface area contributed by atoms with E-state index in [1.165, 1.54) is 0 Å². The Balaban J connectivity index is 0.00000256. The van der Waals surface area contributed by atoms with Gasteiger partial charge in [-0.3, -0.25) is 4.79 Å². The molecule has 0 saturated carbocycles. The quantitative estimate of drug-likeness (QED) is 0.791. The lowest BCUT2D eigenvalue weighted by Crippen LogP contribution is -2.55. The van der Waals surface area contributed by atoms with E-state index < -0.39 is 0 Å². The first-order chi connectivity index (χ1) is 7.67. The molecule has 0 aliphatic carbocycles. The zero-order chi connectivity index (χ0) is 12.0. The molecule has 1 aliphatic heterocycles. The molecule has 0 aromatic heterocycles. The van der Waals surface area contributed by atoms with Crippen LogP contribution in [-0.2, 0) is 9.53 Å². The van der Waals surface area contributed by atoms with Crippen LogP contribution >= 0.6 is 12.4 Å². The fourth-order valence-corrected chi connectivity index (χ4v) is 2.09. The smallest absolute Gasteiger partial charge is 0.250 e. The number of amides is 1. The van der Waals surface area contributed by atoms with Crippen molar-refractivity contribution < 1.29 is 9.53 Å². The highest BCUT2D eigenvalue weighted by Crippen LogP contribution is 2.19. The van der Waals surface area contributed by atoms with Crippen LogP contribution in [0, 0.1) is 0 Å². The topological polar surface area (TPSA) is 50.4 Å². The van der Waals surface area contributed by atoms with Crippen LogP contribution in [-0.4, -0.2) is 37.2 Å². The Bertz CT molecular complexity index is 218. The van der Waals surface area contributed by atoms with E-state index in [0.717, 1.165) is 25.8 Å². The first kappa shape index (κ1) is 16.7. The molecule has 0 aromatic rings. The summed E-state index contributed by atoms with van der Waals surface area (Å²) in [4.78, 5) is 12.0. The van der Waals surface area contributed by atoms with Gasteiger partial charge in [-0.05, 0) is 19.3 Å². The molecule has 1 heterocycles. The summed E-state index contributed by atoms with van der Waals surface area (Å²) in [6.45, 7) is 8.44. The minimum Gasteiger partial charge on any atom is -0.366 e. The second-order valence-electron chi connectivity index (χ2n) is 4.39. The lowest BCUT2D eigenvalue weighted by atomic mass is 9.89. The fourth-order valence-electron chi connectivity index (χ4n) is 2.09. The molecule has 102 valence electrons. The second-order valence-corrected chi connectivity index (χ2v) is 4.39. The van der Waals surface area contributed by atoms with Crippen molar-refractivity contribution in [3.05, 3.63) is 0 Å². The minimum atomic E-state index is -0.322. The van der Waals surface area contributed by atoms with E-state index >= 15 is 0 Å². The van der Waals surface area contributed by atoms with Crippen molar-refractivity contribution in [2.24, 2.45) is 0 Å². The van der Waals surface area contributed by atoms with Crippen molar-refractivity contribution in [1.29, 1.82) is 0 Å². The highest BCUT2D eigenvalue weighted by atomic mass is 35.5. The number of morpholine rings is 1. The minimum absolute atomic E-state index is 0. The van der Waals surface area contributed by atoms with Gasteiger partial charge in [-0.25, -0.2) is 0 Å². The van der Waals surface area contributed by atoms with Crippen LogP contribution in [0.1, 0.15) is 40.0 Å². The number of hydrogen-bond donors (Lipinski definition) is 2. The van der Waals surface area contributed by atoms with Crippen LogP contribution in [0.2, 0.25) is 0 Å². The van der Waals surface area contributed by atoms with Gasteiger partial charge in [0.2, 0.25) is 0 Å². The second kappa shape index (κ2) is 7.90. The molecular weight excluding hydrogens is 240 g/mol. The summed E-state index contributed by atoms with van der Waals surface area (Å²) in [6, 6.07) is 0. The maximum Gasteiger partial charge on any atom is 0.250 e. The molecule has 4 nitrogen and oxygen atoms in total. The summed E-state index contributed by atoms with van der Waals surface area (Å²) >= 11 is 0. The van der Waals surface area contributed by atoms with E-state index in [4.69, 9.17) is 4.74 Å². The van der Waals surface area contributed by atoms with Gasteiger partial charge >= 0.3 is 0 Å². The van der Waals surface area contributed by atoms with Crippen LogP contribution in [0.25, 0.3) is 0 Å².